The van der Waals surface area contributed by atoms with Crippen LogP contribution in [0.5, 0.6) is 0 Å². The number of nitrogens with one attached hydrogen (secondary N) is 2. The van der Waals surface area contributed by atoms with E-state index in [9.17, 15) is 4.39 Å². The molecule has 0 bridgehead atoms. The molecule has 0 saturated heterocycles. The molecule has 1 aliphatic heterocycles. The van der Waals surface area contributed by atoms with E-state index in [0.29, 0.717) is 30.5 Å². The molecule has 1 aromatic rings. The molecule has 0 fully saturated rings. The summed E-state index contributed by atoms with van der Waals surface area (Å²) in [7, 11) is 0. The second kappa shape index (κ2) is 9.63. The molecule has 0 saturated carbocycles. The van der Waals surface area contributed by atoms with Crippen LogP contribution in [0.3, 0.4) is 0 Å². The minimum atomic E-state index is -1.64. The highest BCUT2D eigenvalue weighted by molar-refractivity contribution is 6.02. The molecule has 0 spiro atoms. The smallest absolute Gasteiger partial charge is 0.251 e. The maximum absolute atomic E-state index is 14.8. The van der Waals surface area contributed by atoms with Gasteiger partial charge in [-0.25, -0.2) is 14.4 Å². The summed E-state index contributed by atoms with van der Waals surface area (Å²) in [5.74, 6) is 1.23. The van der Waals surface area contributed by atoms with Crippen LogP contribution in [0.4, 0.5) is 4.39 Å². The van der Waals surface area contributed by atoms with Gasteiger partial charge in [-0.15, -0.1) is 0 Å². The first kappa shape index (κ1) is 19.5. The molecule has 1 aliphatic carbocycles. The summed E-state index contributed by atoms with van der Waals surface area (Å²) >= 11 is 0. The van der Waals surface area contributed by atoms with Gasteiger partial charge >= 0.3 is 0 Å². The molecule has 2 aliphatic rings. The molecular weight excluding hydrogens is 347 g/mol. The van der Waals surface area contributed by atoms with Crippen molar-refractivity contribution in [2.75, 3.05) is 19.8 Å². The molecule has 0 radical (unpaired) electrons. The van der Waals surface area contributed by atoms with Crippen LogP contribution >= 0.6 is 0 Å². The van der Waals surface area contributed by atoms with Crippen LogP contribution in [0.15, 0.2) is 33.9 Å². The van der Waals surface area contributed by atoms with Crippen molar-refractivity contribution in [1.29, 1.82) is 0 Å². The lowest BCUT2D eigenvalue weighted by molar-refractivity contribution is 0.341. The first-order valence-corrected chi connectivity index (χ1v) is 9.34. The van der Waals surface area contributed by atoms with Crippen LogP contribution in [0.2, 0.25) is 0 Å². The third kappa shape index (κ3) is 5.15. The first-order valence-electron chi connectivity index (χ1n) is 9.34. The predicted octanol–water partition coefficient (Wildman–Crippen LogP) is 1.48. The highest BCUT2D eigenvalue weighted by Crippen LogP contribution is 2.29. The van der Waals surface area contributed by atoms with Crippen molar-refractivity contribution < 1.29 is 4.39 Å². The van der Waals surface area contributed by atoms with Gasteiger partial charge in [0.25, 0.3) is 6.30 Å². The second-order valence-electron chi connectivity index (χ2n) is 6.71. The van der Waals surface area contributed by atoms with Gasteiger partial charge in [-0.1, -0.05) is 12.2 Å². The summed E-state index contributed by atoms with van der Waals surface area (Å²) in [6, 6.07) is 0. The molecule has 27 heavy (non-hydrogen) atoms. The molecule has 146 valence electrons. The van der Waals surface area contributed by atoms with Gasteiger partial charge in [0.15, 0.2) is 0 Å². The van der Waals surface area contributed by atoms with Gasteiger partial charge in [0.05, 0.1) is 5.71 Å². The Morgan fingerprint density at radius 2 is 2.26 bits per heavy atom. The number of hydrogen-bond donors (Lipinski definition) is 4. The van der Waals surface area contributed by atoms with E-state index in [1.54, 1.807) is 6.20 Å². The third-order valence-corrected chi connectivity index (χ3v) is 4.81. The fourth-order valence-corrected chi connectivity index (χ4v) is 3.21. The van der Waals surface area contributed by atoms with Crippen LogP contribution in [-0.2, 0) is 0 Å². The van der Waals surface area contributed by atoms with E-state index in [4.69, 9.17) is 11.5 Å². The second-order valence-corrected chi connectivity index (χ2v) is 6.71. The number of aromatic amines is 1. The van der Waals surface area contributed by atoms with Crippen molar-refractivity contribution in [3.8, 4) is 0 Å². The number of hydrogen-bond acceptors (Lipinski definition) is 7. The Bertz CT molecular complexity index is 735. The predicted molar refractivity (Wildman–Crippen MR) is 104 cm³/mol. The lowest BCUT2D eigenvalue weighted by Gasteiger charge is -2.19. The largest absolute Gasteiger partial charge is 0.330 e. The fourth-order valence-electron chi connectivity index (χ4n) is 3.21. The Hall–Kier alpha value is -2.23. The van der Waals surface area contributed by atoms with Crippen LogP contribution in [0.25, 0.3) is 0 Å². The summed E-state index contributed by atoms with van der Waals surface area (Å²) < 4.78 is 14.8. The Kier molecular flexibility index (Phi) is 6.97. The lowest BCUT2D eigenvalue weighted by Crippen LogP contribution is -2.30. The Labute approximate surface area is 158 Å². The fraction of sp³-hybridized carbons (Fsp3) is 0.556. The number of H-pyrrole nitrogens is 1. The van der Waals surface area contributed by atoms with E-state index in [1.165, 1.54) is 0 Å². The Morgan fingerprint density at radius 3 is 2.93 bits per heavy atom. The zero-order valence-corrected chi connectivity index (χ0v) is 15.3. The summed E-state index contributed by atoms with van der Waals surface area (Å²) in [6.45, 7) is 1.31. The third-order valence-electron chi connectivity index (χ3n) is 4.81. The van der Waals surface area contributed by atoms with Crippen molar-refractivity contribution in [2.24, 2.45) is 27.4 Å². The standard InChI is InChI=1S/C18H27FN8/c19-16(24-15(10-23-11-21)14-2-1-7-22-9-14)18-25-17(26-27-18)13-5-3-12(8-20)4-6-13/h3,5,7,9,12-13,16,23H,1-2,4,6,8,10-11,20-21H2,(H,25,26,27). The van der Waals surface area contributed by atoms with Crippen LogP contribution < -0.4 is 16.8 Å². The summed E-state index contributed by atoms with van der Waals surface area (Å²) in [5.41, 5.74) is 12.7. The number of alkyl halides is 1. The molecule has 6 N–H and O–H groups in total. The zero-order valence-electron chi connectivity index (χ0n) is 15.3. The van der Waals surface area contributed by atoms with Gasteiger partial charge < -0.3 is 11.5 Å². The summed E-state index contributed by atoms with van der Waals surface area (Å²) in [6.07, 6.45) is 9.59. The quantitative estimate of drug-likeness (QED) is 0.237. The van der Waals surface area contributed by atoms with Gasteiger partial charge in [-0.05, 0) is 43.7 Å². The molecule has 9 heteroatoms. The molecular formula is C18H27FN8. The van der Waals surface area contributed by atoms with Gasteiger partial charge in [-0.3, -0.25) is 15.4 Å². The van der Waals surface area contributed by atoms with E-state index < -0.39 is 6.30 Å². The molecule has 2 heterocycles. The maximum atomic E-state index is 14.8. The summed E-state index contributed by atoms with van der Waals surface area (Å²) in [4.78, 5) is 12.7. The van der Waals surface area contributed by atoms with Crippen LogP contribution in [-0.4, -0.2) is 46.9 Å². The van der Waals surface area contributed by atoms with Gasteiger partial charge in [0, 0.05) is 31.5 Å². The molecule has 3 atom stereocenters. The molecule has 3 rings (SSSR count). The number of aliphatic imine (C=N–C) groups is 2. The van der Waals surface area contributed by atoms with Crippen LogP contribution in [0.1, 0.15) is 49.5 Å². The van der Waals surface area contributed by atoms with Crippen LogP contribution in [0, 0.1) is 5.92 Å². The lowest BCUT2D eigenvalue weighted by atomic mass is 9.88. The van der Waals surface area contributed by atoms with E-state index in [2.05, 4.69) is 42.6 Å². The SMILES string of the molecule is NCNCC(=NC(F)c1n[nH]c(C2C=CC(CN)CC2)n1)C1=CN=CCC1. The van der Waals surface area contributed by atoms with Gasteiger partial charge in [0.2, 0.25) is 5.82 Å². The molecule has 8 nitrogen and oxygen atoms in total. The number of halogens is 1. The molecule has 0 aromatic carbocycles. The minimum Gasteiger partial charge on any atom is -0.330 e. The summed E-state index contributed by atoms with van der Waals surface area (Å²) in [5, 5.41) is 9.89. The highest BCUT2D eigenvalue weighted by atomic mass is 19.1. The van der Waals surface area contributed by atoms with Crippen molar-refractivity contribution in [3.05, 3.63) is 35.6 Å². The monoisotopic (exact) mass is 374 g/mol. The number of nitrogens with two attached hydrogens (primary N) is 2. The average Bonchev–Trinajstić information content (AvgIpc) is 3.22. The normalized spacial score (nSPS) is 24.1. The van der Waals surface area contributed by atoms with Crippen molar-refractivity contribution in [3.63, 3.8) is 0 Å². The van der Waals surface area contributed by atoms with E-state index in [0.717, 1.165) is 31.3 Å². The van der Waals surface area contributed by atoms with Crippen molar-refractivity contribution >= 4 is 11.9 Å². The van der Waals surface area contributed by atoms with Crippen molar-refractivity contribution in [1.82, 2.24) is 20.5 Å². The highest BCUT2D eigenvalue weighted by Gasteiger charge is 2.22. The van der Waals surface area contributed by atoms with Gasteiger partial charge in [0.1, 0.15) is 5.82 Å². The van der Waals surface area contributed by atoms with Crippen molar-refractivity contribution in [2.45, 2.75) is 37.9 Å². The van der Waals surface area contributed by atoms with E-state index in [-0.39, 0.29) is 18.4 Å². The van der Waals surface area contributed by atoms with E-state index >= 15 is 0 Å². The number of aromatic nitrogens is 3. The Morgan fingerprint density at radius 1 is 1.37 bits per heavy atom. The van der Waals surface area contributed by atoms with Gasteiger partial charge in [-0.2, -0.15) is 5.10 Å². The first-order chi connectivity index (χ1) is 13.2. The number of nitrogens with zero attached hydrogens (tertiary/aromatic N) is 4. The molecule has 1 aromatic heterocycles. The number of allylic oxidation sites excluding steroid dienone is 1. The topological polar surface area (TPSA) is 130 Å². The maximum Gasteiger partial charge on any atom is 0.251 e. The number of rotatable bonds is 8. The average molecular weight is 374 g/mol. The molecule has 3 unspecified atom stereocenters. The Balaban J connectivity index is 1.73. The zero-order chi connectivity index (χ0) is 19.1. The van der Waals surface area contributed by atoms with E-state index in [1.807, 2.05) is 6.21 Å². The molecule has 0 amide bonds. The minimum absolute atomic E-state index is 0.0458.